The van der Waals surface area contributed by atoms with Gasteiger partial charge in [-0.3, -0.25) is 9.69 Å². The zero-order chi connectivity index (χ0) is 17.4. The molecule has 0 amide bonds. The lowest BCUT2D eigenvalue weighted by Gasteiger charge is -2.23. The fourth-order valence-electron chi connectivity index (χ4n) is 2.41. The van der Waals surface area contributed by atoms with Crippen LogP contribution in [0.1, 0.15) is 35.3 Å². The smallest absolute Gasteiger partial charge is 0.305 e. The van der Waals surface area contributed by atoms with Crippen molar-refractivity contribution in [3.63, 3.8) is 0 Å². The van der Waals surface area contributed by atoms with Crippen molar-refractivity contribution in [3.8, 4) is 0 Å². The number of aryl methyl sites for hydroxylation is 1. The van der Waals surface area contributed by atoms with Gasteiger partial charge in [0.2, 0.25) is 0 Å². The molecule has 0 aliphatic carbocycles. The normalized spacial score (nSPS) is 12.5. The van der Waals surface area contributed by atoms with Gasteiger partial charge in [-0.2, -0.15) is 0 Å². The molecular weight excluding hydrogens is 326 g/mol. The first-order chi connectivity index (χ1) is 11.6. The van der Waals surface area contributed by atoms with Gasteiger partial charge in [0.25, 0.3) is 0 Å². The molecule has 0 fully saturated rings. The molecule has 0 aliphatic heterocycles. The number of carbonyl (C=O) groups is 1. The Morgan fingerprint density at radius 2 is 2.21 bits per heavy atom. The maximum atomic E-state index is 11.4. The topological polar surface area (TPSA) is 62.9 Å². The summed E-state index contributed by atoms with van der Waals surface area (Å²) in [6, 6.07) is 7.96. The molecule has 132 valence electrons. The number of aliphatic hydroxyl groups is 1. The summed E-state index contributed by atoms with van der Waals surface area (Å²) >= 11 is 1.74. The van der Waals surface area contributed by atoms with Gasteiger partial charge in [-0.15, -0.1) is 11.3 Å². The van der Waals surface area contributed by atoms with Gasteiger partial charge in [0.15, 0.2) is 0 Å². The van der Waals surface area contributed by atoms with Crippen LogP contribution in [0.2, 0.25) is 0 Å². The number of hydrogen-bond acceptors (Lipinski definition) is 6. The minimum absolute atomic E-state index is 0.0248. The fraction of sp³-hybridized carbons (Fsp3) is 0.500. The second-order valence-corrected chi connectivity index (χ2v) is 7.22. The number of thiophene rings is 1. The quantitative estimate of drug-likeness (QED) is 0.665. The van der Waals surface area contributed by atoms with E-state index >= 15 is 0 Å². The molecular formula is C18H25NO4S. The Balaban J connectivity index is 1.90. The average Bonchev–Trinajstić information content (AvgIpc) is 3.17. The van der Waals surface area contributed by atoms with Gasteiger partial charge in [0, 0.05) is 29.3 Å². The summed E-state index contributed by atoms with van der Waals surface area (Å²) in [5, 5.41) is 10.2. The van der Waals surface area contributed by atoms with E-state index in [0.29, 0.717) is 19.5 Å². The van der Waals surface area contributed by atoms with Crippen molar-refractivity contribution in [2.75, 3.05) is 13.2 Å². The molecule has 0 saturated heterocycles. The summed E-state index contributed by atoms with van der Waals surface area (Å²) in [5.74, 6) is 0.585. The van der Waals surface area contributed by atoms with Gasteiger partial charge in [-0.05, 0) is 37.6 Å². The van der Waals surface area contributed by atoms with Crippen LogP contribution in [0.15, 0.2) is 34.9 Å². The molecule has 0 aromatic carbocycles. The van der Waals surface area contributed by atoms with E-state index in [9.17, 15) is 9.90 Å². The SMILES string of the molecule is CCCC(=O)OC[C@H](O)CN(Cc1ccco1)Cc1ccc(C)s1. The zero-order valence-electron chi connectivity index (χ0n) is 14.2. The van der Waals surface area contributed by atoms with Crippen molar-refractivity contribution < 1.29 is 19.1 Å². The number of hydrogen-bond donors (Lipinski definition) is 1. The highest BCUT2D eigenvalue weighted by Gasteiger charge is 2.16. The standard InChI is InChI=1S/C18H25NO4S/c1-3-5-18(21)23-13-15(20)10-19(11-16-6-4-9-22-16)12-17-8-7-14(2)24-17/h4,6-9,15,20H,3,5,10-13H2,1-2H3/t15-/m1/s1. The van der Waals surface area contributed by atoms with Gasteiger partial charge in [-0.25, -0.2) is 0 Å². The second-order valence-electron chi connectivity index (χ2n) is 5.85. The number of rotatable bonds is 10. The first-order valence-corrected chi connectivity index (χ1v) is 9.02. The predicted molar refractivity (Wildman–Crippen MR) is 93.8 cm³/mol. The van der Waals surface area contributed by atoms with E-state index in [4.69, 9.17) is 9.15 Å². The van der Waals surface area contributed by atoms with Crippen molar-refractivity contribution >= 4 is 17.3 Å². The largest absolute Gasteiger partial charge is 0.468 e. The lowest BCUT2D eigenvalue weighted by atomic mass is 10.3. The number of esters is 1. The molecule has 5 nitrogen and oxygen atoms in total. The molecule has 24 heavy (non-hydrogen) atoms. The van der Waals surface area contributed by atoms with Crippen molar-refractivity contribution in [2.24, 2.45) is 0 Å². The van der Waals surface area contributed by atoms with Gasteiger partial charge in [-0.1, -0.05) is 6.92 Å². The first-order valence-electron chi connectivity index (χ1n) is 8.20. The number of nitrogens with zero attached hydrogens (tertiary/aromatic N) is 1. The Kier molecular flexibility index (Phi) is 7.49. The van der Waals surface area contributed by atoms with Crippen LogP contribution in [0.4, 0.5) is 0 Å². The summed E-state index contributed by atoms with van der Waals surface area (Å²) < 4.78 is 10.5. The molecule has 0 unspecified atom stereocenters. The van der Waals surface area contributed by atoms with Gasteiger partial charge < -0.3 is 14.3 Å². The van der Waals surface area contributed by atoms with E-state index in [1.54, 1.807) is 17.6 Å². The fourth-order valence-corrected chi connectivity index (χ4v) is 3.35. The van der Waals surface area contributed by atoms with E-state index in [1.165, 1.54) is 9.75 Å². The molecule has 1 atom stereocenters. The van der Waals surface area contributed by atoms with Crippen LogP contribution in [0.25, 0.3) is 0 Å². The molecule has 0 aliphatic rings. The summed E-state index contributed by atoms with van der Waals surface area (Å²) in [4.78, 5) is 16.0. The third kappa shape index (κ3) is 6.47. The van der Waals surface area contributed by atoms with E-state index in [-0.39, 0.29) is 12.6 Å². The third-order valence-corrected chi connectivity index (χ3v) is 4.48. The summed E-state index contributed by atoms with van der Waals surface area (Å²) in [6.45, 7) is 5.76. The van der Waals surface area contributed by atoms with Gasteiger partial charge >= 0.3 is 5.97 Å². The Morgan fingerprint density at radius 3 is 2.83 bits per heavy atom. The molecule has 6 heteroatoms. The van der Waals surface area contributed by atoms with Crippen LogP contribution in [0.5, 0.6) is 0 Å². The van der Waals surface area contributed by atoms with E-state index in [0.717, 1.165) is 18.7 Å². The van der Waals surface area contributed by atoms with E-state index in [1.807, 2.05) is 19.1 Å². The molecule has 0 bridgehead atoms. The van der Waals surface area contributed by atoms with Crippen molar-refractivity contribution in [1.29, 1.82) is 0 Å². The van der Waals surface area contributed by atoms with E-state index in [2.05, 4.69) is 24.0 Å². The van der Waals surface area contributed by atoms with Crippen LogP contribution in [-0.4, -0.2) is 35.2 Å². The second kappa shape index (κ2) is 9.61. The number of ether oxygens (including phenoxy) is 1. The monoisotopic (exact) mass is 351 g/mol. The first kappa shape index (κ1) is 18.7. The Bertz CT molecular complexity index is 608. The van der Waals surface area contributed by atoms with Crippen molar-refractivity contribution in [3.05, 3.63) is 46.0 Å². The lowest BCUT2D eigenvalue weighted by Crippen LogP contribution is -2.34. The molecule has 2 aromatic rings. The molecule has 0 spiro atoms. The molecule has 1 N–H and O–H groups in total. The summed E-state index contributed by atoms with van der Waals surface area (Å²) in [5.41, 5.74) is 0. The molecule has 2 heterocycles. The van der Waals surface area contributed by atoms with Gasteiger partial charge in [0.1, 0.15) is 18.5 Å². The minimum Gasteiger partial charge on any atom is -0.468 e. The van der Waals surface area contributed by atoms with E-state index < -0.39 is 6.10 Å². The number of furan rings is 1. The van der Waals surface area contributed by atoms with Crippen LogP contribution in [0.3, 0.4) is 0 Å². The molecule has 2 aromatic heterocycles. The maximum absolute atomic E-state index is 11.4. The summed E-state index contributed by atoms with van der Waals surface area (Å²) in [7, 11) is 0. The van der Waals surface area contributed by atoms with Crippen molar-refractivity contribution in [2.45, 2.75) is 45.9 Å². The van der Waals surface area contributed by atoms with Crippen LogP contribution in [-0.2, 0) is 22.6 Å². The Hall–Kier alpha value is -1.63. The van der Waals surface area contributed by atoms with Crippen LogP contribution in [0, 0.1) is 6.92 Å². The number of aliphatic hydroxyl groups excluding tert-OH is 1. The average molecular weight is 351 g/mol. The maximum Gasteiger partial charge on any atom is 0.305 e. The summed E-state index contributed by atoms with van der Waals surface area (Å²) in [6.07, 6.45) is 2.06. The lowest BCUT2D eigenvalue weighted by molar-refractivity contribution is -0.147. The molecule has 0 saturated carbocycles. The molecule has 0 radical (unpaired) electrons. The third-order valence-electron chi connectivity index (χ3n) is 3.49. The molecule has 2 rings (SSSR count). The van der Waals surface area contributed by atoms with Crippen molar-refractivity contribution in [1.82, 2.24) is 4.90 Å². The number of carbonyl (C=O) groups excluding carboxylic acids is 1. The highest BCUT2D eigenvalue weighted by molar-refractivity contribution is 7.11. The Morgan fingerprint density at radius 1 is 1.38 bits per heavy atom. The van der Waals surface area contributed by atoms with Crippen LogP contribution < -0.4 is 0 Å². The predicted octanol–water partition coefficient (Wildman–Crippen LogP) is 3.36. The van der Waals surface area contributed by atoms with Crippen LogP contribution >= 0.6 is 11.3 Å². The highest BCUT2D eigenvalue weighted by atomic mass is 32.1. The van der Waals surface area contributed by atoms with Gasteiger partial charge in [0.05, 0.1) is 12.8 Å². The minimum atomic E-state index is -0.721. The zero-order valence-corrected chi connectivity index (χ0v) is 15.1. The highest BCUT2D eigenvalue weighted by Crippen LogP contribution is 2.19. The Labute approximate surface area is 146 Å².